The van der Waals surface area contributed by atoms with Gasteiger partial charge in [0.1, 0.15) is 11.1 Å². The second-order valence-corrected chi connectivity index (χ2v) is 6.83. The van der Waals surface area contributed by atoms with Crippen LogP contribution < -0.4 is 0 Å². The molecular weight excluding hydrogens is 282 g/mol. The van der Waals surface area contributed by atoms with Crippen molar-refractivity contribution >= 4 is 23.7 Å². The fraction of sp³-hybridized carbons (Fsp3) is 0.857. The van der Waals surface area contributed by atoms with Crippen LogP contribution in [0.1, 0.15) is 46.5 Å². The average molecular weight is 304 g/mol. The molecule has 114 valence electrons. The molecule has 3 aliphatic rings. The lowest BCUT2D eigenvalue weighted by Crippen LogP contribution is -2.65. The molecule has 2 heterocycles. The second-order valence-electron chi connectivity index (χ2n) is 6.61. The van der Waals surface area contributed by atoms with E-state index in [0.29, 0.717) is 25.3 Å². The van der Waals surface area contributed by atoms with Gasteiger partial charge < -0.3 is 9.47 Å². The van der Waals surface area contributed by atoms with Gasteiger partial charge in [-0.2, -0.15) is 0 Å². The molecule has 0 N–H and O–H groups in total. The number of esters is 1. The molecule has 2 saturated heterocycles. The minimum atomic E-state index is -0.883. The number of ether oxygens (including phenoxy) is 2. The first-order chi connectivity index (χ1) is 9.28. The summed E-state index contributed by atoms with van der Waals surface area (Å²) in [5, 5.41) is 0. The topological polar surface area (TPSA) is 55.8 Å². The zero-order chi connectivity index (χ0) is 15.0. The van der Waals surface area contributed by atoms with Crippen LogP contribution in [0, 0.1) is 5.92 Å². The van der Waals surface area contributed by atoms with E-state index in [1.165, 1.54) is 0 Å². The molecule has 1 amide bonds. The SMILES string of the molecule is CC(C)(C)OC(=O)N1CC2CCC1(C(=O)OCCl)CC2. The number of hydrogen-bond acceptors (Lipinski definition) is 4. The number of alkyl halides is 1. The molecular formula is C14H22ClNO4. The number of carbonyl (C=O) groups excluding carboxylic acids is 2. The standard InChI is InChI=1S/C14H22ClNO4/c1-13(2,3)20-12(18)16-8-10-4-6-14(16,7-5-10)11(17)19-9-15/h10H,4-9H2,1-3H3. The third-order valence-corrected chi connectivity index (χ3v) is 4.18. The predicted molar refractivity (Wildman–Crippen MR) is 74.4 cm³/mol. The van der Waals surface area contributed by atoms with Gasteiger partial charge in [0.2, 0.25) is 0 Å². The van der Waals surface area contributed by atoms with Crippen molar-refractivity contribution in [1.29, 1.82) is 0 Å². The van der Waals surface area contributed by atoms with Crippen molar-refractivity contribution in [1.82, 2.24) is 4.90 Å². The van der Waals surface area contributed by atoms with Gasteiger partial charge in [-0.3, -0.25) is 4.90 Å². The van der Waals surface area contributed by atoms with Crippen LogP contribution in [-0.4, -0.2) is 40.7 Å². The van der Waals surface area contributed by atoms with Crippen LogP contribution in [0.15, 0.2) is 0 Å². The molecule has 1 aliphatic carbocycles. The largest absolute Gasteiger partial charge is 0.448 e. The number of piperidine rings is 2. The van der Waals surface area contributed by atoms with Gasteiger partial charge in [-0.1, -0.05) is 11.6 Å². The molecule has 3 rings (SSSR count). The molecule has 3 fully saturated rings. The zero-order valence-electron chi connectivity index (χ0n) is 12.3. The van der Waals surface area contributed by atoms with E-state index in [1.807, 2.05) is 20.8 Å². The van der Waals surface area contributed by atoms with E-state index >= 15 is 0 Å². The molecule has 0 atom stereocenters. The first kappa shape index (κ1) is 15.4. The van der Waals surface area contributed by atoms with Crippen molar-refractivity contribution in [3.63, 3.8) is 0 Å². The summed E-state index contributed by atoms with van der Waals surface area (Å²) in [6.07, 6.45) is 2.71. The Morgan fingerprint density at radius 2 is 1.90 bits per heavy atom. The van der Waals surface area contributed by atoms with Crippen molar-refractivity contribution in [2.45, 2.75) is 57.6 Å². The molecule has 1 saturated carbocycles. The first-order valence-electron chi connectivity index (χ1n) is 7.02. The van der Waals surface area contributed by atoms with Crippen molar-refractivity contribution in [2.75, 3.05) is 12.6 Å². The summed E-state index contributed by atoms with van der Waals surface area (Å²) in [5.74, 6) is 0.0460. The molecule has 0 aromatic carbocycles. The van der Waals surface area contributed by atoms with Gasteiger partial charge in [-0.05, 0) is 52.4 Å². The van der Waals surface area contributed by atoms with Gasteiger partial charge >= 0.3 is 12.1 Å². The summed E-state index contributed by atoms with van der Waals surface area (Å²) in [4.78, 5) is 26.2. The van der Waals surface area contributed by atoms with Gasteiger partial charge in [0.05, 0.1) is 0 Å². The highest BCUT2D eigenvalue weighted by molar-refractivity contribution is 6.17. The van der Waals surface area contributed by atoms with E-state index in [9.17, 15) is 9.59 Å². The molecule has 2 aliphatic heterocycles. The Balaban J connectivity index is 2.21. The number of hydrogen-bond donors (Lipinski definition) is 0. The Morgan fingerprint density at radius 1 is 1.30 bits per heavy atom. The van der Waals surface area contributed by atoms with E-state index in [0.717, 1.165) is 12.8 Å². The Morgan fingerprint density at radius 3 is 2.40 bits per heavy atom. The summed E-state index contributed by atoms with van der Waals surface area (Å²) in [7, 11) is 0. The number of rotatable bonds is 2. The fourth-order valence-electron chi connectivity index (χ4n) is 3.11. The summed E-state index contributed by atoms with van der Waals surface area (Å²) in [5.41, 5.74) is -1.46. The van der Waals surface area contributed by atoms with Gasteiger partial charge in [-0.25, -0.2) is 9.59 Å². The molecule has 2 bridgehead atoms. The smallest absolute Gasteiger partial charge is 0.411 e. The number of halogens is 1. The highest BCUT2D eigenvalue weighted by atomic mass is 35.5. The van der Waals surface area contributed by atoms with Crippen LogP contribution >= 0.6 is 11.6 Å². The summed E-state index contributed by atoms with van der Waals surface area (Å²) in [6, 6.07) is -0.188. The molecule has 20 heavy (non-hydrogen) atoms. The zero-order valence-corrected chi connectivity index (χ0v) is 13.0. The third kappa shape index (κ3) is 2.87. The van der Waals surface area contributed by atoms with Gasteiger partial charge in [0, 0.05) is 6.54 Å². The van der Waals surface area contributed by atoms with Crippen molar-refractivity contribution in [2.24, 2.45) is 5.92 Å². The van der Waals surface area contributed by atoms with E-state index in [1.54, 1.807) is 4.90 Å². The van der Waals surface area contributed by atoms with Crippen LogP contribution in [0.4, 0.5) is 4.79 Å². The van der Waals surface area contributed by atoms with Crippen LogP contribution in [0.2, 0.25) is 0 Å². The van der Waals surface area contributed by atoms with E-state index < -0.39 is 23.2 Å². The molecule has 0 aromatic heterocycles. The Hall–Kier alpha value is -0.970. The molecule has 6 heteroatoms. The summed E-state index contributed by atoms with van der Waals surface area (Å²) >= 11 is 5.50. The monoisotopic (exact) mass is 303 g/mol. The lowest BCUT2D eigenvalue weighted by Gasteiger charge is -2.52. The number of fused-ring (bicyclic) bond motifs is 3. The van der Waals surface area contributed by atoms with E-state index in [-0.39, 0.29) is 6.07 Å². The van der Waals surface area contributed by atoms with E-state index in [2.05, 4.69) is 0 Å². The average Bonchev–Trinajstić information content (AvgIpc) is 2.38. The first-order valence-corrected chi connectivity index (χ1v) is 7.56. The van der Waals surface area contributed by atoms with Crippen molar-refractivity contribution in [3.8, 4) is 0 Å². The predicted octanol–water partition coefficient (Wildman–Crippen LogP) is 2.91. The number of amides is 1. The van der Waals surface area contributed by atoms with Crippen LogP contribution in [-0.2, 0) is 14.3 Å². The summed E-state index contributed by atoms with van der Waals surface area (Å²) < 4.78 is 10.4. The van der Waals surface area contributed by atoms with Crippen molar-refractivity contribution in [3.05, 3.63) is 0 Å². The van der Waals surface area contributed by atoms with Crippen molar-refractivity contribution < 1.29 is 19.1 Å². The molecule has 0 unspecified atom stereocenters. The Bertz CT molecular complexity index is 396. The highest BCUT2D eigenvalue weighted by Gasteiger charge is 2.55. The maximum atomic E-state index is 12.4. The van der Waals surface area contributed by atoms with Crippen LogP contribution in [0.5, 0.6) is 0 Å². The van der Waals surface area contributed by atoms with Gasteiger partial charge in [-0.15, -0.1) is 0 Å². The van der Waals surface area contributed by atoms with E-state index in [4.69, 9.17) is 21.1 Å². The Labute approximate surface area is 124 Å². The maximum Gasteiger partial charge on any atom is 0.411 e. The van der Waals surface area contributed by atoms with Gasteiger partial charge in [0.15, 0.2) is 6.07 Å². The molecule has 5 nitrogen and oxygen atoms in total. The maximum absolute atomic E-state index is 12.4. The van der Waals surface area contributed by atoms with Crippen LogP contribution in [0.3, 0.4) is 0 Å². The molecule has 0 spiro atoms. The number of carbonyl (C=O) groups is 2. The highest BCUT2D eigenvalue weighted by Crippen LogP contribution is 2.44. The van der Waals surface area contributed by atoms with Gasteiger partial charge in [0.25, 0.3) is 0 Å². The fourth-order valence-corrected chi connectivity index (χ4v) is 3.20. The van der Waals surface area contributed by atoms with Crippen LogP contribution in [0.25, 0.3) is 0 Å². The number of nitrogens with zero attached hydrogens (tertiary/aromatic N) is 1. The molecule has 0 radical (unpaired) electrons. The second kappa shape index (κ2) is 5.43. The Kier molecular flexibility index (Phi) is 4.19. The minimum Gasteiger partial charge on any atom is -0.448 e. The molecule has 0 aromatic rings. The minimum absolute atomic E-state index is 0.188. The lowest BCUT2D eigenvalue weighted by atomic mass is 9.70. The lowest BCUT2D eigenvalue weighted by molar-refractivity contribution is -0.165. The quantitative estimate of drug-likeness (QED) is 0.581. The third-order valence-electron chi connectivity index (χ3n) is 4.07. The normalized spacial score (nSPS) is 29.2. The summed E-state index contributed by atoms with van der Waals surface area (Å²) in [6.45, 7) is 6.01.